The second-order valence-corrected chi connectivity index (χ2v) is 6.99. The fourth-order valence-electron chi connectivity index (χ4n) is 2.39. The molecular weight excluding hydrogens is 288 g/mol. The molecule has 0 aliphatic heterocycles. The number of hydrogen-bond donors (Lipinski definition) is 1. The van der Waals surface area contributed by atoms with E-state index in [9.17, 15) is 0 Å². The van der Waals surface area contributed by atoms with Crippen LogP contribution in [0.3, 0.4) is 0 Å². The molecule has 1 fully saturated rings. The van der Waals surface area contributed by atoms with Crippen molar-refractivity contribution in [2.75, 3.05) is 6.54 Å². The zero-order chi connectivity index (χ0) is 13.9. The lowest BCUT2D eigenvalue weighted by Gasteiger charge is -2.17. The second kappa shape index (κ2) is 6.25. The normalized spacial score (nSPS) is 16.3. The Morgan fingerprint density at radius 1 is 1.35 bits per heavy atom. The van der Waals surface area contributed by atoms with Crippen LogP contribution in [-0.4, -0.2) is 17.6 Å². The van der Waals surface area contributed by atoms with E-state index in [4.69, 9.17) is 11.6 Å². The van der Waals surface area contributed by atoms with E-state index in [0.717, 1.165) is 29.0 Å². The quantitative estimate of drug-likeness (QED) is 0.866. The molecule has 0 bridgehead atoms. The van der Waals surface area contributed by atoms with E-state index in [2.05, 4.69) is 34.7 Å². The molecule has 3 rings (SSSR count). The maximum atomic E-state index is 5.99. The molecule has 1 heterocycles. The van der Waals surface area contributed by atoms with E-state index >= 15 is 0 Å². The second-order valence-electron chi connectivity index (χ2n) is 5.49. The lowest BCUT2D eigenvalue weighted by Crippen LogP contribution is -2.24. The van der Waals surface area contributed by atoms with Crippen LogP contribution in [-0.2, 0) is 6.42 Å². The molecule has 4 heteroatoms. The Balaban J connectivity index is 1.73. The molecular formula is C16H19ClN2S. The van der Waals surface area contributed by atoms with Crippen LogP contribution in [0.5, 0.6) is 0 Å². The van der Waals surface area contributed by atoms with E-state index < -0.39 is 0 Å². The van der Waals surface area contributed by atoms with Crippen molar-refractivity contribution >= 4 is 22.9 Å². The highest BCUT2D eigenvalue weighted by Crippen LogP contribution is 2.25. The number of thiazole rings is 1. The van der Waals surface area contributed by atoms with Crippen molar-refractivity contribution in [1.29, 1.82) is 0 Å². The molecule has 1 atom stereocenters. The molecule has 1 unspecified atom stereocenters. The average Bonchev–Trinajstić information content (AvgIpc) is 3.18. The smallest absolute Gasteiger partial charge is 0.0897 e. The molecule has 1 aliphatic carbocycles. The number of halogens is 1. The third-order valence-electron chi connectivity index (χ3n) is 3.69. The van der Waals surface area contributed by atoms with Crippen molar-refractivity contribution in [2.24, 2.45) is 0 Å². The van der Waals surface area contributed by atoms with Gasteiger partial charge in [-0.2, -0.15) is 0 Å². The summed E-state index contributed by atoms with van der Waals surface area (Å²) in [6.07, 6.45) is 3.64. The van der Waals surface area contributed by atoms with Crippen LogP contribution in [0.15, 0.2) is 29.6 Å². The number of aromatic nitrogens is 1. The van der Waals surface area contributed by atoms with Gasteiger partial charge in [0, 0.05) is 28.9 Å². The van der Waals surface area contributed by atoms with Gasteiger partial charge in [0.2, 0.25) is 0 Å². The highest BCUT2D eigenvalue weighted by Gasteiger charge is 2.23. The zero-order valence-electron chi connectivity index (χ0n) is 11.6. The van der Waals surface area contributed by atoms with E-state index in [1.807, 2.05) is 12.1 Å². The summed E-state index contributed by atoms with van der Waals surface area (Å²) in [5.41, 5.74) is 2.54. The Hall–Kier alpha value is -0.900. The van der Waals surface area contributed by atoms with Gasteiger partial charge in [0.05, 0.1) is 10.7 Å². The molecule has 2 aromatic rings. The van der Waals surface area contributed by atoms with E-state index in [1.165, 1.54) is 24.1 Å². The van der Waals surface area contributed by atoms with Gasteiger partial charge < -0.3 is 5.32 Å². The van der Waals surface area contributed by atoms with Crippen LogP contribution >= 0.6 is 22.9 Å². The molecule has 1 aromatic heterocycles. The number of hydrogen-bond acceptors (Lipinski definition) is 3. The molecule has 2 nitrogen and oxygen atoms in total. The molecule has 0 spiro atoms. The van der Waals surface area contributed by atoms with Crippen LogP contribution in [0.4, 0.5) is 0 Å². The Labute approximate surface area is 129 Å². The average molecular weight is 307 g/mol. The predicted molar refractivity (Wildman–Crippen MR) is 85.8 cm³/mol. The highest BCUT2D eigenvalue weighted by atomic mass is 35.5. The summed E-state index contributed by atoms with van der Waals surface area (Å²) in [5, 5.41) is 7.76. The number of nitrogens with one attached hydrogen (secondary N) is 1. The van der Waals surface area contributed by atoms with Crippen LogP contribution in [0.1, 0.15) is 35.0 Å². The van der Waals surface area contributed by atoms with Crippen LogP contribution in [0.25, 0.3) is 0 Å². The summed E-state index contributed by atoms with van der Waals surface area (Å²) in [5.74, 6) is 0.467. The van der Waals surface area contributed by atoms with Gasteiger partial charge in [-0.1, -0.05) is 23.7 Å². The Morgan fingerprint density at radius 2 is 2.10 bits per heavy atom. The molecule has 106 valence electrons. The van der Waals surface area contributed by atoms with Gasteiger partial charge in [0.15, 0.2) is 0 Å². The maximum Gasteiger partial charge on any atom is 0.0897 e. The van der Waals surface area contributed by atoms with Crippen molar-refractivity contribution in [1.82, 2.24) is 10.3 Å². The van der Waals surface area contributed by atoms with Gasteiger partial charge in [-0.3, -0.25) is 0 Å². The summed E-state index contributed by atoms with van der Waals surface area (Å²) in [7, 11) is 0. The predicted octanol–water partition coefficient (Wildman–Crippen LogP) is 4.18. The van der Waals surface area contributed by atoms with Crippen molar-refractivity contribution in [2.45, 2.75) is 38.1 Å². The minimum absolute atomic E-state index is 0.467. The summed E-state index contributed by atoms with van der Waals surface area (Å²) in [6.45, 7) is 3.08. The Morgan fingerprint density at radius 3 is 2.70 bits per heavy atom. The van der Waals surface area contributed by atoms with Gasteiger partial charge in [-0.25, -0.2) is 4.98 Å². The van der Waals surface area contributed by atoms with Crippen LogP contribution in [0.2, 0.25) is 5.02 Å². The number of benzene rings is 1. The lowest BCUT2D eigenvalue weighted by molar-refractivity contribution is 0.573. The molecule has 0 radical (unpaired) electrons. The fraction of sp³-hybridized carbons (Fsp3) is 0.438. The van der Waals surface area contributed by atoms with Crippen molar-refractivity contribution in [3.8, 4) is 0 Å². The zero-order valence-corrected chi connectivity index (χ0v) is 13.2. The highest BCUT2D eigenvalue weighted by molar-refractivity contribution is 7.09. The van der Waals surface area contributed by atoms with Crippen molar-refractivity contribution in [3.63, 3.8) is 0 Å². The first-order chi connectivity index (χ1) is 9.70. The summed E-state index contributed by atoms with van der Waals surface area (Å²) >= 11 is 7.72. The van der Waals surface area contributed by atoms with Gasteiger partial charge in [0.1, 0.15) is 0 Å². The van der Waals surface area contributed by atoms with Gasteiger partial charge >= 0.3 is 0 Å². The molecule has 1 aromatic carbocycles. The molecule has 20 heavy (non-hydrogen) atoms. The first kappa shape index (κ1) is 14.1. The summed E-state index contributed by atoms with van der Waals surface area (Å²) in [4.78, 5) is 4.60. The number of nitrogens with zero attached hydrogens (tertiary/aromatic N) is 1. The SMILES string of the molecule is Cc1nc(CC(CNC2CC2)c2ccc(Cl)cc2)cs1. The Bertz CT molecular complexity index is 560. The van der Waals surface area contributed by atoms with Crippen molar-refractivity contribution in [3.05, 3.63) is 50.9 Å². The lowest BCUT2D eigenvalue weighted by atomic mass is 9.94. The fourth-order valence-corrected chi connectivity index (χ4v) is 3.15. The number of aryl methyl sites for hydroxylation is 1. The first-order valence-corrected chi connectivity index (χ1v) is 8.36. The minimum atomic E-state index is 0.467. The van der Waals surface area contributed by atoms with Gasteiger partial charge in [-0.05, 0) is 43.9 Å². The van der Waals surface area contributed by atoms with E-state index in [-0.39, 0.29) is 0 Å². The molecule has 1 N–H and O–H groups in total. The van der Waals surface area contributed by atoms with E-state index in [1.54, 1.807) is 11.3 Å². The molecule has 0 saturated heterocycles. The first-order valence-electron chi connectivity index (χ1n) is 7.10. The third kappa shape index (κ3) is 3.81. The maximum absolute atomic E-state index is 5.99. The Kier molecular flexibility index (Phi) is 4.39. The topological polar surface area (TPSA) is 24.9 Å². The van der Waals surface area contributed by atoms with Gasteiger partial charge in [0.25, 0.3) is 0 Å². The van der Waals surface area contributed by atoms with Crippen LogP contribution in [0, 0.1) is 6.92 Å². The van der Waals surface area contributed by atoms with E-state index in [0.29, 0.717) is 5.92 Å². The third-order valence-corrected chi connectivity index (χ3v) is 4.77. The number of rotatable bonds is 6. The summed E-state index contributed by atoms with van der Waals surface area (Å²) in [6, 6.07) is 8.98. The molecule has 1 aliphatic rings. The molecule has 1 saturated carbocycles. The largest absolute Gasteiger partial charge is 0.313 e. The minimum Gasteiger partial charge on any atom is -0.313 e. The standard InChI is InChI=1S/C16H19ClN2S/c1-11-19-16(10-20-11)8-13(9-18-15-6-7-15)12-2-4-14(17)5-3-12/h2-5,10,13,15,18H,6-9H2,1H3. The van der Waals surface area contributed by atoms with Gasteiger partial charge in [-0.15, -0.1) is 11.3 Å². The molecule has 0 amide bonds. The monoisotopic (exact) mass is 306 g/mol. The van der Waals surface area contributed by atoms with Crippen molar-refractivity contribution < 1.29 is 0 Å². The summed E-state index contributed by atoms with van der Waals surface area (Å²) < 4.78 is 0. The van der Waals surface area contributed by atoms with Crippen LogP contribution < -0.4 is 5.32 Å².